The fourth-order valence-corrected chi connectivity index (χ4v) is 3.24. The lowest BCUT2D eigenvalue weighted by atomic mass is 10.0. The van der Waals surface area contributed by atoms with Crippen LogP contribution < -0.4 is 10.6 Å². The molecule has 108 valence electrons. The molecule has 0 spiro atoms. The molecular formula is C16H21ClN2S. The summed E-state index contributed by atoms with van der Waals surface area (Å²) in [6.45, 7) is 3.00. The minimum atomic E-state index is 0.256. The van der Waals surface area contributed by atoms with Gasteiger partial charge in [-0.1, -0.05) is 30.7 Å². The number of halogens is 1. The van der Waals surface area contributed by atoms with E-state index in [1.165, 1.54) is 16.1 Å². The summed E-state index contributed by atoms with van der Waals surface area (Å²) in [7, 11) is 2.10. The number of rotatable bonds is 6. The summed E-state index contributed by atoms with van der Waals surface area (Å²) in [4.78, 5) is 3.50. The van der Waals surface area contributed by atoms with Gasteiger partial charge in [-0.3, -0.25) is 0 Å². The molecule has 2 N–H and O–H groups in total. The summed E-state index contributed by atoms with van der Waals surface area (Å²) < 4.78 is 0.845. The van der Waals surface area contributed by atoms with Crippen molar-refractivity contribution in [2.45, 2.75) is 32.4 Å². The molecule has 0 saturated carbocycles. The van der Waals surface area contributed by atoms with Gasteiger partial charge in [0.05, 0.1) is 10.9 Å². The Kier molecular flexibility index (Phi) is 5.46. The summed E-state index contributed by atoms with van der Waals surface area (Å²) in [6.07, 6.45) is 1.96. The Morgan fingerprint density at radius 3 is 2.45 bits per heavy atom. The molecule has 1 aromatic carbocycles. The lowest BCUT2D eigenvalue weighted by molar-refractivity contribution is 0.646. The average molecular weight is 309 g/mol. The average Bonchev–Trinajstić information content (AvgIpc) is 2.84. The molecule has 0 radical (unpaired) electrons. The molecule has 1 unspecified atom stereocenters. The van der Waals surface area contributed by atoms with Crippen LogP contribution in [-0.2, 0) is 13.0 Å². The van der Waals surface area contributed by atoms with Crippen LogP contribution in [0.25, 0.3) is 0 Å². The van der Waals surface area contributed by atoms with Crippen molar-refractivity contribution in [1.29, 1.82) is 0 Å². The molecule has 2 rings (SSSR count). The molecule has 1 heterocycles. The molecule has 1 aromatic heterocycles. The fourth-order valence-electron chi connectivity index (χ4n) is 2.10. The van der Waals surface area contributed by atoms with Crippen LogP contribution in [0.15, 0.2) is 36.4 Å². The number of nitrogens with zero attached hydrogens (tertiary/aromatic N) is 1. The van der Waals surface area contributed by atoms with E-state index in [1.54, 1.807) is 11.3 Å². The monoisotopic (exact) mass is 308 g/mol. The van der Waals surface area contributed by atoms with Gasteiger partial charge in [-0.2, -0.15) is 0 Å². The normalized spacial score (nSPS) is 12.4. The number of nitrogens with two attached hydrogens (primary N) is 1. The topological polar surface area (TPSA) is 29.3 Å². The van der Waals surface area contributed by atoms with Crippen molar-refractivity contribution in [2.24, 2.45) is 5.73 Å². The van der Waals surface area contributed by atoms with Gasteiger partial charge in [-0.15, -0.1) is 11.3 Å². The lowest BCUT2D eigenvalue weighted by Gasteiger charge is -2.19. The van der Waals surface area contributed by atoms with Crippen LogP contribution in [0.1, 0.15) is 23.8 Å². The van der Waals surface area contributed by atoms with Gasteiger partial charge in [0.2, 0.25) is 0 Å². The molecule has 20 heavy (non-hydrogen) atoms. The zero-order chi connectivity index (χ0) is 14.5. The van der Waals surface area contributed by atoms with E-state index in [0.717, 1.165) is 23.7 Å². The largest absolute Gasteiger partial charge is 0.369 e. The summed E-state index contributed by atoms with van der Waals surface area (Å²) in [5, 5.41) is 0. The summed E-state index contributed by atoms with van der Waals surface area (Å²) in [5.74, 6) is 0. The van der Waals surface area contributed by atoms with Crippen molar-refractivity contribution in [3.8, 4) is 0 Å². The first kappa shape index (κ1) is 15.4. The maximum atomic E-state index is 5.99. The number of thiophene rings is 1. The first-order chi connectivity index (χ1) is 9.58. The van der Waals surface area contributed by atoms with Gasteiger partial charge in [0.25, 0.3) is 0 Å². The van der Waals surface area contributed by atoms with E-state index < -0.39 is 0 Å². The van der Waals surface area contributed by atoms with E-state index in [2.05, 4.69) is 49.2 Å². The highest BCUT2D eigenvalue weighted by Gasteiger charge is 2.06. The SMILES string of the molecule is CCC(N)Cc1ccc(N(C)Cc2ccc(Cl)s2)cc1. The standard InChI is InChI=1S/C16H21ClN2S/c1-3-13(18)10-12-4-6-14(7-5-12)19(2)11-15-8-9-16(17)20-15/h4-9,13H,3,10-11,18H2,1-2H3. The Hall–Kier alpha value is -1.03. The van der Waals surface area contributed by atoms with Crippen LogP contribution >= 0.6 is 22.9 Å². The maximum absolute atomic E-state index is 5.99. The third-order valence-electron chi connectivity index (χ3n) is 3.42. The van der Waals surface area contributed by atoms with Crippen molar-refractivity contribution in [2.75, 3.05) is 11.9 Å². The predicted molar refractivity (Wildman–Crippen MR) is 89.8 cm³/mol. The van der Waals surface area contributed by atoms with Crippen LogP contribution in [0.3, 0.4) is 0 Å². The van der Waals surface area contributed by atoms with Crippen LogP contribution in [0.4, 0.5) is 5.69 Å². The number of anilines is 1. The van der Waals surface area contributed by atoms with Crippen LogP contribution in [0.5, 0.6) is 0 Å². The number of hydrogen-bond acceptors (Lipinski definition) is 3. The molecule has 0 bridgehead atoms. The molecule has 0 fully saturated rings. The summed E-state index contributed by atoms with van der Waals surface area (Å²) >= 11 is 7.59. The van der Waals surface area contributed by atoms with Gasteiger partial charge in [0.15, 0.2) is 0 Å². The van der Waals surface area contributed by atoms with E-state index in [1.807, 2.05) is 6.07 Å². The molecule has 0 aliphatic carbocycles. The fraction of sp³-hybridized carbons (Fsp3) is 0.375. The van der Waals surface area contributed by atoms with E-state index in [0.29, 0.717) is 0 Å². The first-order valence-corrected chi connectivity index (χ1v) is 8.07. The van der Waals surface area contributed by atoms with E-state index in [-0.39, 0.29) is 6.04 Å². The smallest absolute Gasteiger partial charge is 0.0931 e. The third-order valence-corrected chi connectivity index (χ3v) is 4.64. The molecule has 0 saturated heterocycles. The molecule has 2 nitrogen and oxygen atoms in total. The van der Waals surface area contributed by atoms with Crippen molar-refractivity contribution >= 4 is 28.6 Å². The Morgan fingerprint density at radius 2 is 1.90 bits per heavy atom. The Morgan fingerprint density at radius 1 is 1.20 bits per heavy atom. The van der Waals surface area contributed by atoms with E-state index in [4.69, 9.17) is 17.3 Å². The predicted octanol–water partition coefficient (Wildman–Crippen LogP) is 4.32. The minimum Gasteiger partial charge on any atom is -0.369 e. The van der Waals surface area contributed by atoms with Gasteiger partial charge >= 0.3 is 0 Å². The number of benzene rings is 1. The van der Waals surface area contributed by atoms with Crippen molar-refractivity contribution in [1.82, 2.24) is 0 Å². The maximum Gasteiger partial charge on any atom is 0.0931 e. The molecule has 4 heteroatoms. The quantitative estimate of drug-likeness (QED) is 0.861. The second-order valence-corrected chi connectivity index (χ2v) is 6.90. The summed E-state index contributed by atoms with van der Waals surface area (Å²) in [5.41, 5.74) is 8.50. The van der Waals surface area contributed by atoms with Crippen LogP contribution in [0, 0.1) is 0 Å². The van der Waals surface area contributed by atoms with Gasteiger partial charge in [-0.05, 0) is 42.7 Å². The zero-order valence-corrected chi connectivity index (χ0v) is 13.5. The molecule has 0 amide bonds. The van der Waals surface area contributed by atoms with Crippen LogP contribution in [-0.4, -0.2) is 13.1 Å². The van der Waals surface area contributed by atoms with E-state index in [9.17, 15) is 0 Å². The highest BCUT2D eigenvalue weighted by molar-refractivity contribution is 7.16. The molecule has 0 aliphatic rings. The van der Waals surface area contributed by atoms with Gasteiger partial charge < -0.3 is 10.6 Å². The first-order valence-electron chi connectivity index (χ1n) is 6.88. The highest BCUT2D eigenvalue weighted by Crippen LogP contribution is 2.24. The van der Waals surface area contributed by atoms with Crippen molar-refractivity contribution in [3.63, 3.8) is 0 Å². The van der Waals surface area contributed by atoms with Gasteiger partial charge in [0, 0.05) is 23.7 Å². The lowest BCUT2D eigenvalue weighted by Crippen LogP contribution is -2.21. The Bertz CT molecular complexity index is 536. The second kappa shape index (κ2) is 7.11. The Balaban J connectivity index is 1.98. The van der Waals surface area contributed by atoms with Crippen molar-refractivity contribution in [3.05, 3.63) is 51.2 Å². The molecule has 1 atom stereocenters. The molecular weight excluding hydrogens is 288 g/mol. The van der Waals surface area contributed by atoms with Gasteiger partial charge in [-0.25, -0.2) is 0 Å². The Labute approximate surface area is 130 Å². The van der Waals surface area contributed by atoms with Crippen molar-refractivity contribution < 1.29 is 0 Å². The third kappa shape index (κ3) is 4.23. The molecule has 0 aliphatic heterocycles. The second-order valence-electron chi connectivity index (χ2n) is 5.10. The number of hydrogen-bond donors (Lipinski definition) is 1. The highest BCUT2D eigenvalue weighted by atomic mass is 35.5. The zero-order valence-electron chi connectivity index (χ0n) is 12.0. The van der Waals surface area contributed by atoms with E-state index >= 15 is 0 Å². The minimum absolute atomic E-state index is 0.256. The summed E-state index contributed by atoms with van der Waals surface area (Å²) in [6, 6.07) is 12.9. The van der Waals surface area contributed by atoms with Gasteiger partial charge in [0.1, 0.15) is 0 Å². The van der Waals surface area contributed by atoms with Crippen LogP contribution in [0.2, 0.25) is 4.34 Å². The molecule has 2 aromatic rings.